The van der Waals surface area contributed by atoms with Crippen LogP contribution in [0.2, 0.25) is 0 Å². The van der Waals surface area contributed by atoms with E-state index < -0.39 is 0 Å². The summed E-state index contributed by atoms with van der Waals surface area (Å²) in [5.74, 6) is -0.345. The number of ether oxygens (including phenoxy) is 3. The molecular formula is C19H27NO5. The second-order valence-electron chi connectivity index (χ2n) is 7.30. The average Bonchev–Trinajstić information content (AvgIpc) is 3.17. The minimum absolute atomic E-state index is 0.0326. The second-order valence-corrected chi connectivity index (χ2v) is 7.30. The van der Waals surface area contributed by atoms with Crippen LogP contribution in [0.15, 0.2) is 23.8 Å². The molecule has 0 bridgehead atoms. The second kappa shape index (κ2) is 7.20. The third-order valence-electron chi connectivity index (χ3n) is 5.35. The van der Waals surface area contributed by atoms with E-state index in [0.29, 0.717) is 12.1 Å². The number of esters is 1. The zero-order valence-corrected chi connectivity index (χ0v) is 15.0. The Hall–Kier alpha value is -1.82. The van der Waals surface area contributed by atoms with Crippen LogP contribution < -0.4 is 5.32 Å². The molecule has 25 heavy (non-hydrogen) atoms. The molecule has 3 aliphatic rings. The maximum absolute atomic E-state index is 11.9. The van der Waals surface area contributed by atoms with Crippen LogP contribution in [-0.2, 0) is 19.0 Å². The van der Waals surface area contributed by atoms with Gasteiger partial charge in [-0.1, -0.05) is 19.6 Å². The third-order valence-corrected chi connectivity index (χ3v) is 5.35. The fourth-order valence-corrected chi connectivity index (χ4v) is 3.69. The van der Waals surface area contributed by atoms with Gasteiger partial charge in [0.2, 0.25) is 0 Å². The smallest absolute Gasteiger partial charge is 0.407 e. The van der Waals surface area contributed by atoms with E-state index in [4.69, 9.17) is 14.2 Å². The fraction of sp³-hybridized carbons (Fsp3) is 0.684. The highest BCUT2D eigenvalue weighted by molar-refractivity contribution is 5.91. The number of rotatable bonds is 4. The standard InChI is InChI=1S/C19H27NO5/c1-4-10-20-18(22)23-11-13-6-5-9-19(3)16(25-19)15-14(8-7-13)12(2)17(21)24-15/h6,14-16H,2,4-5,7-11H2,1,3H3,(H,20,22)/b13-6+/t14-,15-,16-,19+/m0/s1. The molecule has 0 aromatic heterocycles. The van der Waals surface area contributed by atoms with Crippen LogP contribution in [0, 0.1) is 5.92 Å². The number of hydrogen-bond donors (Lipinski definition) is 1. The lowest BCUT2D eigenvalue weighted by Crippen LogP contribution is -2.29. The van der Waals surface area contributed by atoms with Gasteiger partial charge < -0.3 is 19.5 Å². The van der Waals surface area contributed by atoms with Gasteiger partial charge in [-0.15, -0.1) is 0 Å². The Balaban J connectivity index is 1.64. The molecule has 0 radical (unpaired) electrons. The summed E-state index contributed by atoms with van der Waals surface area (Å²) in [6.07, 6.45) is 5.56. The Labute approximate surface area is 148 Å². The summed E-state index contributed by atoms with van der Waals surface area (Å²) in [7, 11) is 0. The Morgan fingerprint density at radius 3 is 3.08 bits per heavy atom. The number of carbonyl (C=O) groups excluding carboxylic acids is 2. The van der Waals surface area contributed by atoms with Gasteiger partial charge >= 0.3 is 12.1 Å². The van der Waals surface area contributed by atoms with Crippen LogP contribution in [0.4, 0.5) is 4.79 Å². The van der Waals surface area contributed by atoms with Gasteiger partial charge in [0, 0.05) is 18.0 Å². The molecule has 2 heterocycles. The van der Waals surface area contributed by atoms with Crippen molar-refractivity contribution >= 4 is 12.1 Å². The van der Waals surface area contributed by atoms with E-state index in [2.05, 4.69) is 24.9 Å². The van der Waals surface area contributed by atoms with E-state index in [9.17, 15) is 9.59 Å². The van der Waals surface area contributed by atoms with Crippen molar-refractivity contribution in [3.05, 3.63) is 23.8 Å². The van der Waals surface area contributed by atoms with Gasteiger partial charge in [-0.2, -0.15) is 0 Å². The fourth-order valence-electron chi connectivity index (χ4n) is 3.69. The molecule has 3 rings (SSSR count). The molecule has 6 nitrogen and oxygen atoms in total. The maximum Gasteiger partial charge on any atom is 0.407 e. The molecular weight excluding hydrogens is 322 g/mol. The van der Waals surface area contributed by atoms with Crippen LogP contribution in [-0.4, -0.2) is 43.0 Å². The first kappa shape index (κ1) is 18.0. The summed E-state index contributed by atoms with van der Waals surface area (Å²) >= 11 is 0. The largest absolute Gasteiger partial charge is 0.455 e. The van der Waals surface area contributed by atoms with Crippen LogP contribution in [0.5, 0.6) is 0 Å². The van der Waals surface area contributed by atoms with Gasteiger partial charge in [0.25, 0.3) is 0 Å². The lowest BCUT2D eigenvalue weighted by molar-refractivity contribution is -0.140. The van der Waals surface area contributed by atoms with Gasteiger partial charge in [0.1, 0.15) is 18.8 Å². The molecule has 2 aliphatic heterocycles. The van der Waals surface area contributed by atoms with Crippen LogP contribution in [0.1, 0.15) is 46.0 Å². The highest BCUT2D eigenvalue weighted by atomic mass is 16.6. The highest BCUT2D eigenvalue weighted by Crippen LogP contribution is 2.49. The van der Waals surface area contributed by atoms with Gasteiger partial charge in [-0.25, -0.2) is 9.59 Å². The van der Waals surface area contributed by atoms with Crippen molar-refractivity contribution in [1.29, 1.82) is 0 Å². The SMILES string of the molecule is C=C1C(=O)O[C@H]2[C@H]1CC/C(COC(=O)NCCC)=C\CC[C@@]1(C)O[C@@H]21. The number of fused-ring (bicyclic) bond motifs is 3. The first-order valence-corrected chi connectivity index (χ1v) is 9.10. The number of epoxide rings is 1. The predicted octanol–water partition coefficient (Wildman–Crippen LogP) is 2.88. The number of amides is 1. The summed E-state index contributed by atoms with van der Waals surface area (Å²) in [5, 5.41) is 2.70. The van der Waals surface area contributed by atoms with Crippen molar-refractivity contribution in [2.75, 3.05) is 13.2 Å². The van der Waals surface area contributed by atoms with Gasteiger partial charge in [0.15, 0.2) is 0 Å². The summed E-state index contributed by atoms with van der Waals surface area (Å²) in [5.41, 5.74) is 1.36. The Bertz CT molecular complexity index is 599. The van der Waals surface area contributed by atoms with Crippen molar-refractivity contribution in [2.24, 2.45) is 5.92 Å². The maximum atomic E-state index is 11.9. The molecule has 0 aromatic rings. The molecule has 0 unspecified atom stereocenters. The number of carbonyl (C=O) groups is 2. The molecule has 1 N–H and O–H groups in total. The predicted molar refractivity (Wildman–Crippen MR) is 92.0 cm³/mol. The lowest BCUT2D eigenvalue weighted by atomic mass is 9.84. The van der Waals surface area contributed by atoms with E-state index in [0.717, 1.165) is 37.7 Å². The first-order valence-electron chi connectivity index (χ1n) is 9.10. The monoisotopic (exact) mass is 349 g/mol. The van der Waals surface area contributed by atoms with Gasteiger partial charge in [-0.3, -0.25) is 0 Å². The molecule has 6 heteroatoms. The lowest BCUT2D eigenvalue weighted by Gasteiger charge is -2.20. The summed E-state index contributed by atoms with van der Waals surface area (Å²) in [6, 6.07) is 0. The molecule has 0 saturated carbocycles. The van der Waals surface area contributed by atoms with Crippen LogP contribution >= 0.6 is 0 Å². The molecule has 4 atom stereocenters. The summed E-state index contributed by atoms with van der Waals surface area (Å²) < 4.78 is 16.7. The van der Waals surface area contributed by atoms with Crippen LogP contribution in [0.25, 0.3) is 0 Å². The molecule has 2 saturated heterocycles. The molecule has 1 amide bonds. The highest BCUT2D eigenvalue weighted by Gasteiger charge is 2.61. The minimum atomic E-state index is -0.390. The van der Waals surface area contributed by atoms with E-state index >= 15 is 0 Å². The number of hydrogen-bond acceptors (Lipinski definition) is 5. The van der Waals surface area contributed by atoms with Crippen LogP contribution in [0.3, 0.4) is 0 Å². The van der Waals surface area contributed by atoms with E-state index in [1.54, 1.807) is 0 Å². The molecule has 0 aromatic carbocycles. The Morgan fingerprint density at radius 2 is 2.32 bits per heavy atom. The topological polar surface area (TPSA) is 77.2 Å². The van der Waals surface area contributed by atoms with Crippen molar-refractivity contribution in [2.45, 2.75) is 63.8 Å². The van der Waals surface area contributed by atoms with Crippen molar-refractivity contribution < 1.29 is 23.8 Å². The molecule has 0 spiro atoms. The number of alkyl carbamates (subject to hydrolysis) is 1. The van der Waals surface area contributed by atoms with E-state index in [1.165, 1.54) is 0 Å². The van der Waals surface area contributed by atoms with Gasteiger partial charge in [0.05, 0.1) is 5.60 Å². The first-order chi connectivity index (χ1) is 11.9. The number of nitrogens with one attached hydrogen (secondary N) is 1. The van der Waals surface area contributed by atoms with Crippen molar-refractivity contribution in [1.82, 2.24) is 5.32 Å². The molecule has 138 valence electrons. The van der Waals surface area contributed by atoms with E-state index in [1.807, 2.05) is 6.92 Å². The third kappa shape index (κ3) is 3.89. The van der Waals surface area contributed by atoms with Crippen molar-refractivity contribution in [3.63, 3.8) is 0 Å². The van der Waals surface area contributed by atoms with Gasteiger partial charge in [-0.05, 0) is 44.6 Å². The van der Waals surface area contributed by atoms with Crippen molar-refractivity contribution in [3.8, 4) is 0 Å². The zero-order chi connectivity index (χ0) is 18.0. The zero-order valence-electron chi connectivity index (χ0n) is 15.0. The summed E-state index contributed by atoms with van der Waals surface area (Å²) in [6.45, 7) is 8.85. The molecule has 1 aliphatic carbocycles. The Kier molecular flexibility index (Phi) is 5.18. The Morgan fingerprint density at radius 1 is 1.52 bits per heavy atom. The average molecular weight is 349 g/mol. The molecule has 2 fully saturated rings. The normalized spacial score (nSPS) is 36.4. The quantitative estimate of drug-likeness (QED) is 0.365. The number of allylic oxidation sites excluding steroid dienone is 1. The minimum Gasteiger partial charge on any atom is -0.455 e. The van der Waals surface area contributed by atoms with E-state index in [-0.39, 0.29) is 42.4 Å². The summed E-state index contributed by atoms with van der Waals surface area (Å²) in [4.78, 5) is 23.6.